The van der Waals surface area contributed by atoms with Gasteiger partial charge in [0, 0.05) is 6.20 Å². The van der Waals surface area contributed by atoms with E-state index in [-0.39, 0.29) is 5.02 Å². The summed E-state index contributed by atoms with van der Waals surface area (Å²) < 4.78 is 4.95. The summed E-state index contributed by atoms with van der Waals surface area (Å²) in [5.41, 5.74) is -1.09. The number of nitrogens with zero attached hydrogens (tertiary/aromatic N) is 3. The minimum atomic E-state index is -0.583. The Hall–Kier alpha value is -1.47. The van der Waals surface area contributed by atoms with Crippen molar-refractivity contribution in [1.82, 2.24) is 19.1 Å². The lowest BCUT2D eigenvalue weighted by Crippen LogP contribution is -2.29. The van der Waals surface area contributed by atoms with E-state index in [1.165, 1.54) is 22.3 Å². The number of halogens is 1. The van der Waals surface area contributed by atoms with Gasteiger partial charge in [-0.1, -0.05) is 16.1 Å². The molecule has 8 heteroatoms. The quantitative estimate of drug-likeness (QED) is 0.812. The summed E-state index contributed by atoms with van der Waals surface area (Å²) in [7, 11) is 0. The maximum atomic E-state index is 11.3. The van der Waals surface area contributed by atoms with Crippen LogP contribution in [0.25, 0.3) is 0 Å². The molecule has 0 aliphatic heterocycles. The zero-order chi connectivity index (χ0) is 10.8. The fourth-order valence-electron chi connectivity index (χ4n) is 1.03. The molecule has 1 N–H and O–H groups in total. The molecule has 0 amide bonds. The van der Waals surface area contributed by atoms with E-state index in [0.29, 0.717) is 6.54 Å². The van der Waals surface area contributed by atoms with Gasteiger partial charge in [0.1, 0.15) is 5.02 Å². The molecule has 2 heterocycles. The Bertz CT molecular complexity index is 573. The Labute approximate surface area is 92.3 Å². The highest BCUT2D eigenvalue weighted by Crippen LogP contribution is 2.04. The third-order valence-corrected chi connectivity index (χ3v) is 2.61. The van der Waals surface area contributed by atoms with Gasteiger partial charge in [0.25, 0.3) is 5.56 Å². The zero-order valence-corrected chi connectivity index (χ0v) is 8.88. The average Bonchev–Trinajstić information content (AvgIpc) is 2.67. The first-order valence-electron chi connectivity index (χ1n) is 3.92. The number of nitrogens with one attached hydrogen (secondary N) is 1. The van der Waals surface area contributed by atoms with Crippen LogP contribution < -0.4 is 11.2 Å². The molecule has 0 aromatic carbocycles. The second-order valence-corrected chi connectivity index (χ2v) is 4.03. The molecule has 2 aromatic rings. The van der Waals surface area contributed by atoms with Crippen LogP contribution in [0.1, 0.15) is 4.88 Å². The lowest BCUT2D eigenvalue weighted by Gasteiger charge is -2.01. The van der Waals surface area contributed by atoms with Crippen LogP contribution in [0, 0.1) is 0 Å². The second-order valence-electron chi connectivity index (χ2n) is 2.75. The molecule has 78 valence electrons. The number of aromatic amines is 1. The maximum Gasteiger partial charge on any atom is 0.328 e. The van der Waals surface area contributed by atoms with E-state index in [9.17, 15) is 9.59 Å². The Morgan fingerprint density at radius 1 is 1.53 bits per heavy atom. The van der Waals surface area contributed by atoms with Crippen LogP contribution >= 0.6 is 23.1 Å². The monoisotopic (exact) mass is 244 g/mol. The van der Waals surface area contributed by atoms with Gasteiger partial charge in [0.05, 0.1) is 17.6 Å². The standard InChI is InChI=1S/C7H5ClN4O2S/c8-5-3-12(7(14)10-6(5)13)2-4-1-9-11-15-4/h1,3H,2H2,(H,10,13,14). The first-order valence-corrected chi connectivity index (χ1v) is 5.07. The summed E-state index contributed by atoms with van der Waals surface area (Å²) in [6, 6.07) is 0. The fraction of sp³-hybridized carbons (Fsp3) is 0.143. The molecule has 0 bridgehead atoms. The van der Waals surface area contributed by atoms with E-state index in [2.05, 4.69) is 14.6 Å². The predicted octanol–water partition coefficient (Wildman–Crippen LogP) is 0.0898. The molecule has 2 aromatic heterocycles. The van der Waals surface area contributed by atoms with E-state index in [0.717, 1.165) is 4.88 Å². The summed E-state index contributed by atoms with van der Waals surface area (Å²) in [6.45, 7) is 0.299. The summed E-state index contributed by atoms with van der Waals surface area (Å²) in [5, 5.41) is 3.61. The Kier molecular flexibility index (Phi) is 2.65. The average molecular weight is 245 g/mol. The van der Waals surface area contributed by atoms with Crippen molar-refractivity contribution in [3.63, 3.8) is 0 Å². The van der Waals surface area contributed by atoms with Crippen molar-refractivity contribution in [2.75, 3.05) is 0 Å². The normalized spacial score (nSPS) is 10.5. The van der Waals surface area contributed by atoms with E-state index < -0.39 is 11.2 Å². The Morgan fingerprint density at radius 2 is 2.33 bits per heavy atom. The molecule has 15 heavy (non-hydrogen) atoms. The lowest BCUT2D eigenvalue weighted by molar-refractivity contribution is 0.728. The van der Waals surface area contributed by atoms with Crippen LogP contribution in [-0.4, -0.2) is 19.1 Å². The molecule has 0 unspecified atom stereocenters. The molecule has 0 atom stereocenters. The summed E-state index contributed by atoms with van der Waals surface area (Å²) in [4.78, 5) is 25.2. The van der Waals surface area contributed by atoms with Gasteiger partial charge < -0.3 is 0 Å². The predicted molar refractivity (Wildman–Crippen MR) is 55.3 cm³/mol. The van der Waals surface area contributed by atoms with E-state index in [1.807, 2.05) is 0 Å². The van der Waals surface area contributed by atoms with Crippen LogP contribution in [-0.2, 0) is 6.54 Å². The largest absolute Gasteiger partial charge is 0.328 e. The van der Waals surface area contributed by atoms with Gasteiger partial charge in [0.15, 0.2) is 0 Å². The van der Waals surface area contributed by atoms with E-state index in [1.54, 1.807) is 6.20 Å². The second kappa shape index (κ2) is 3.95. The highest BCUT2D eigenvalue weighted by Gasteiger charge is 2.04. The fourth-order valence-corrected chi connectivity index (χ4v) is 1.68. The molecule has 2 rings (SSSR count). The van der Waals surface area contributed by atoms with Gasteiger partial charge >= 0.3 is 5.69 Å². The molecular formula is C7H5ClN4O2S. The number of hydrogen-bond acceptors (Lipinski definition) is 5. The summed E-state index contributed by atoms with van der Waals surface area (Å²) in [6.07, 6.45) is 2.85. The molecule has 0 radical (unpaired) electrons. The number of H-pyrrole nitrogens is 1. The third kappa shape index (κ3) is 2.13. The summed E-state index contributed by atoms with van der Waals surface area (Å²) >= 11 is 6.78. The Balaban J connectivity index is 2.42. The minimum absolute atomic E-state index is 0.0212. The van der Waals surface area contributed by atoms with Crippen LogP contribution in [0.5, 0.6) is 0 Å². The van der Waals surface area contributed by atoms with Crippen molar-refractivity contribution in [3.05, 3.63) is 43.1 Å². The minimum Gasteiger partial charge on any atom is -0.294 e. The number of hydrogen-bond donors (Lipinski definition) is 1. The van der Waals surface area contributed by atoms with Crippen LogP contribution in [0.15, 0.2) is 22.0 Å². The SMILES string of the molecule is O=c1[nH]c(=O)n(Cc2cnns2)cc1Cl. The van der Waals surface area contributed by atoms with Crippen molar-refractivity contribution in [1.29, 1.82) is 0 Å². The van der Waals surface area contributed by atoms with Gasteiger partial charge in [-0.05, 0) is 11.5 Å². The maximum absolute atomic E-state index is 11.3. The zero-order valence-electron chi connectivity index (χ0n) is 7.31. The summed E-state index contributed by atoms with van der Waals surface area (Å²) in [5.74, 6) is 0. The number of aromatic nitrogens is 4. The first-order chi connectivity index (χ1) is 7.16. The molecule has 0 aliphatic carbocycles. The first kappa shape index (κ1) is 10.1. The van der Waals surface area contributed by atoms with Crippen molar-refractivity contribution in [3.8, 4) is 0 Å². The number of rotatable bonds is 2. The van der Waals surface area contributed by atoms with Crippen molar-refractivity contribution < 1.29 is 0 Å². The molecule has 0 saturated heterocycles. The van der Waals surface area contributed by atoms with Crippen molar-refractivity contribution >= 4 is 23.1 Å². The Morgan fingerprint density at radius 3 is 3.00 bits per heavy atom. The molecule has 0 aliphatic rings. The van der Waals surface area contributed by atoms with Crippen LogP contribution in [0.2, 0.25) is 5.02 Å². The van der Waals surface area contributed by atoms with Crippen molar-refractivity contribution in [2.45, 2.75) is 6.54 Å². The van der Waals surface area contributed by atoms with Gasteiger partial charge in [-0.15, -0.1) is 5.10 Å². The highest BCUT2D eigenvalue weighted by atomic mass is 35.5. The van der Waals surface area contributed by atoms with E-state index in [4.69, 9.17) is 11.6 Å². The van der Waals surface area contributed by atoms with Crippen LogP contribution in [0.4, 0.5) is 0 Å². The molecule has 0 fully saturated rings. The van der Waals surface area contributed by atoms with Gasteiger partial charge in [-0.25, -0.2) is 4.79 Å². The van der Waals surface area contributed by atoms with E-state index >= 15 is 0 Å². The van der Waals surface area contributed by atoms with Crippen molar-refractivity contribution in [2.24, 2.45) is 0 Å². The van der Waals surface area contributed by atoms with Gasteiger partial charge in [-0.3, -0.25) is 14.3 Å². The van der Waals surface area contributed by atoms with Crippen LogP contribution in [0.3, 0.4) is 0 Å². The van der Waals surface area contributed by atoms with Gasteiger partial charge in [-0.2, -0.15) is 0 Å². The lowest BCUT2D eigenvalue weighted by atomic mass is 10.5. The molecule has 0 spiro atoms. The molecular weight excluding hydrogens is 240 g/mol. The smallest absolute Gasteiger partial charge is 0.294 e. The molecule has 0 saturated carbocycles. The molecule has 6 nitrogen and oxygen atoms in total. The highest BCUT2D eigenvalue weighted by molar-refractivity contribution is 7.05. The third-order valence-electron chi connectivity index (χ3n) is 1.70. The topological polar surface area (TPSA) is 80.6 Å². The van der Waals surface area contributed by atoms with Gasteiger partial charge in [0.2, 0.25) is 0 Å².